The Hall–Kier alpha value is -3.88. The SMILES string of the molecule is N=Cc1ccc(O[C@H](c2ccc(OC(F)(F)F)cc2)[C@H](c2ccc(F)cc2)N2CCCC2=O)cc1. The van der Waals surface area contributed by atoms with E-state index in [4.69, 9.17) is 10.1 Å². The Morgan fingerprint density at radius 2 is 1.49 bits per heavy atom. The van der Waals surface area contributed by atoms with E-state index < -0.39 is 24.3 Å². The molecule has 3 aromatic carbocycles. The minimum atomic E-state index is -4.83. The van der Waals surface area contributed by atoms with Gasteiger partial charge in [-0.3, -0.25) is 4.79 Å². The number of benzene rings is 3. The average molecular weight is 486 g/mol. The molecule has 4 rings (SSSR count). The molecule has 1 saturated heterocycles. The summed E-state index contributed by atoms with van der Waals surface area (Å²) in [7, 11) is 0. The molecule has 0 bridgehead atoms. The van der Waals surface area contributed by atoms with Crippen LogP contribution in [-0.2, 0) is 4.79 Å². The summed E-state index contributed by atoms with van der Waals surface area (Å²) >= 11 is 0. The molecule has 0 aromatic heterocycles. The van der Waals surface area contributed by atoms with Gasteiger partial charge in [-0.1, -0.05) is 24.3 Å². The third kappa shape index (κ3) is 5.98. The topological polar surface area (TPSA) is 62.6 Å². The largest absolute Gasteiger partial charge is 0.573 e. The molecule has 1 amide bonds. The van der Waals surface area contributed by atoms with E-state index in [2.05, 4.69) is 4.74 Å². The molecule has 5 nitrogen and oxygen atoms in total. The summed E-state index contributed by atoms with van der Waals surface area (Å²) < 4.78 is 61.9. The van der Waals surface area contributed by atoms with E-state index in [9.17, 15) is 22.4 Å². The highest BCUT2D eigenvalue weighted by molar-refractivity contribution is 5.79. The number of rotatable bonds is 8. The number of likely N-dealkylation sites (tertiary alicyclic amines) is 1. The van der Waals surface area contributed by atoms with Crippen LogP contribution >= 0.6 is 0 Å². The molecule has 0 radical (unpaired) electrons. The number of ether oxygens (including phenoxy) is 2. The van der Waals surface area contributed by atoms with Crippen molar-refractivity contribution in [3.8, 4) is 11.5 Å². The Bertz CT molecular complexity index is 1160. The fourth-order valence-corrected chi connectivity index (χ4v) is 4.10. The fourth-order valence-electron chi connectivity index (χ4n) is 4.10. The highest BCUT2D eigenvalue weighted by atomic mass is 19.4. The van der Waals surface area contributed by atoms with E-state index in [-0.39, 0.29) is 11.7 Å². The Morgan fingerprint density at radius 1 is 0.886 bits per heavy atom. The van der Waals surface area contributed by atoms with Gasteiger partial charge in [-0.25, -0.2) is 4.39 Å². The van der Waals surface area contributed by atoms with Gasteiger partial charge in [0.15, 0.2) is 0 Å². The summed E-state index contributed by atoms with van der Waals surface area (Å²) in [6.07, 6.45) is -3.46. The van der Waals surface area contributed by atoms with Gasteiger partial charge in [0.1, 0.15) is 23.4 Å². The molecule has 1 heterocycles. The maximum absolute atomic E-state index is 13.7. The number of nitrogens with one attached hydrogen (secondary N) is 1. The highest BCUT2D eigenvalue weighted by Crippen LogP contribution is 2.40. The van der Waals surface area contributed by atoms with Crippen LogP contribution in [-0.4, -0.2) is 29.9 Å². The van der Waals surface area contributed by atoms with Crippen molar-refractivity contribution < 1.29 is 31.8 Å². The minimum absolute atomic E-state index is 0.0934. The number of alkyl halides is 3. The third-order valence-corrected chi connectivity index (χ3v) is 5.70. The van der Waals surface area contributed by atoms with E-state index in [1.54, 1.807) is 41.3 Å². The second kappa shape index (κ2) is 10.2. The van der Waals surface area contributed by atoms with Crippen LogP contribution < -0.4 is 9.47 Å². The molecule has 0 spiro atoms. The first-order chi connectivity index (χ1) is 16.7. The third-order valence-electron chi connectivity index (χ3n) is 5.70. The Kier molecular flexibility index (Phi) is 7.04. The van der Waals surface area contributed by atoms with Crippen molar-refractivity contribution in [3.05, 3.63) is 95.3 Å². The van der Waals surface area contributed by atoms with E-state index in [0.717, 1.165) is 0 Å². The number of carbonyl (C=O) groups excluding carboxylic acids is 1. The second-order valence-electron chi connectivity index (χ2n) is 8.06. The first kappa shape index (κ1) is 24.3. The molecule has 0 aliphatic carbocycles. The Balaban J connectivity index is 1.77. The number of hydrogen-bond acceptors (Lipinski definition) is 4. The van der Waals surface area contributed by atoms with E-state index in [0.29, 0.717) is 41.8 Å². The molecular formula is C26H22F4N2O3. The zero-order valence-corrected chi connectivity index (χ0v) is 18.5. The molecule has 1 aliphatic rings. The van der Waals surface area contributed by atoms with Crippen LogP contribution in [0.15, 0.2) is 72.8 Å². The van der Waals surface area contributed by atoms with Gasteiger partial charge in [0.25, 0.3) is 0 Å². The van der Waals surface area contributed by atoms with Crippen molar-refractivity contribution in [2.45, 2.75) is 31.3 Å². The van der Waals surface area contributed by atoms with Gasteiger partial charge in [0.05, 0.1) is 6.04 Å². The van der Waals surface area contributed by atoms with Crippen LogP contribution in [0.5, 0.6) is 11.5 Å². The van der Waals surface area contributed by atoms with Crippen LogP contribution in [0.3, 0.4) is 0 Å². The van der Waals surface area contributed by atoms with E-state index in [1.807, 2.05) is 0 Å². The summed E-state index contributed by atoms with van der Waals surface area (Å²) in [6.45, 7) is 0.461. The number of hydrogen-bond donors (Lipinski definition) is 1. The van der Waals surface area contributed by atoms with Crippen LogP contribution in [0, 0.1) is 11.2 Å². The van der Waals surface area contributed by atoms with Gasteiger partial charge >= 0.3 is 6.36 Å². The normalized spacial score (nSPS) is 15.5. The monoisotopic (exact) mass is 486 g/mol. The highest BCUT2D eigenvalue weighted by Gasteiger charge is 2.37. The first-order valence-electron chi connectivity index (χ1n) is 10.9. The summed E-state index contributed by atoms with van der Waals surface area (Å²) in [5.74, 6) is -0.474. The van der Waals surface area contributed by atoms with Crippen LogP contribution in [0.4, 0.5) is 17.6 Å². The number of amides is 1. The van der Waals surface area contributed by atoms with Gasteiger partial charge < -0.3 is 19.8 Å². The lowest BCUT2D eigenvalue weighted by Crippen LogP contribution is -2.36. The Morgan fingerprint density at radius 3 is 2.03 bits per heavy atom. The molecule has 3 aromatic rings. The quantitative estimate of drug-likeness (QED) is 0.304. The molecule has 0 saturated carbocycles. The summed E-state index contributed by atoms with van der Waals surface area (Å²) in [5, 5.41) is 7.37. The lowest BCUT2D eigenvalue weighted by molar-refractivity contribution is -0.274. The predicted molar refractivity (Wildman–Crippen MR) is 121 cm³/mol. The lowest BCUT2D eigenvalue weighted by atomic mass is 9.94. The summed E-state index contributed by atoms with van der Waals surface area (Å²) in [4.78, 5) is 14.4. The zero-order chi connectivity index (χ0) is 25.0. The maximum Gasteiger partial charge on any atom is 0.573 e. The van der Waals surface area contributed by atoms with Crippen molar-refractivity contribution in [2.24, 2.45) is 0 Å². The van der Waals surface area contributed by atoms with Crippen molar-refractivity contribution in [2.75, 3.05) is 6.54 Å². The first-order valence-corrected chi connectivity index (χ1v) is 10.9. The number of halogens is 4. The predicted octanol–water partition coefficient (Wildman–Crippen LogP) is 6.21. The van der Waals surface area contributed by atoms with Crippen molar-refractivity contribution >= 4 is 12.1 Å². The van der Waals surface area contributed by atoms with Crippen molar-refractivity contribution in [1.29, 1.82) is 5.41 Å². The molecule has 35 heavy (non-hydrogen) atoms. The number of carbonyl (C=O) groups is 1. The maximum atomic E-state index is 13.7. The van der Waals surface area contributed by atoms with Gasteiger partial charge in [0, 0.05) is 19.2 Å². The molecule has 0 unspecified atom stereocenters. The number of nitrogens with zero attached hydrogens (tertiary/aromatic N) is 1. The summed E-state index contributed by atoms with van der Waals surface area (Å²) in [6, 6.07) is 17.0. The van der Waals surface area contributed by atoms with Gasteiger partial charge in [-0.2, -0.15) is 0 Å². The van der Waals surface area contributed by atoms with Crippen LogP contribution in [0.1, 0.15) is 41.7 Å². The molecule has 182 valence electrons. The van der Waals surface area contributed by atoms with Crippen molar-refractivity contribution in [1.82, 2.24) is 4.90 Å². The smallest absolute Gasteiger partial charge is 0.483 e. The molecular weight excluding hydrogens is 464 g/mol. The van der Waals surface area contributed by atoms with E-state index >= 15 is 0 Å². The van der Waals surface area contributed by atoms with Crippen LogP contribution in [0.2, 0.25) is 0 Å². The van der Waals surface area contributed by atoms with Crippen molar-refractivity contribution in [3.63, 3.8) is 0 Å². The standard InChI is InChI=1S/C26H22F4N2O3/c27-20-9-5-18(6-10-20)24(32-15-1-2-23(32)33)25(34-21-11-3-17(16-31)4-12-21)19-7-13-22(14-8-19)35-26(28,29)30/h3-14,16,24-25,31H,1-2,15H2/t24-,25+/m0/s1. The zero-order valence-electron chi connectivity index (χ0n) is 18.5. The van der Waals surface area contributed by atoms with E-state index in [1.165, 1.54) is 42.6 Å². The second-order valence-corrected chi connectivity index (χ2v) is 8.06. The molecule has 1 fully saturated rings. The molecule has 2 atom stereocenters. The molecule has 1 aliphatic heterocycles. The molecule has 1 N–H and O–H groups in total. The molecule has 9 heteroatoms. The fraction of sp³-hybridized carbons (Fsp3) is 0.231. The summed E-state index contributed by atoms with van der Waals surface area (Å²) in [5.41, 5.74) is 1.79. The minimum Gasteiger partial charge on any atom is -0.483 e. The van der Waals surface area contributed by atoms with Gasteiger partial charge in [-0.15, -0.1) is 13.2 Å². The van der Waals surface area contributed by atoms with Gasteiger partial charge in [0.2, 0.25) is 5.91 Å². The van der Waals surface area contributed by atoms with Crippen LogP contribution in [0.25, 0.3) is 0 Å². The van der Waals surface area contributed by atoms with Gasteiger partial charge in [-0.05, 0) is 71.6 Å². The average Bonchev–Trinajstić information content (AvgIpc) is 3.25. The lowest BCUT2D eigenvalue weighted by Gasteiger charge is -2.35. The Labute approximate surface area is 199 Å².